The first-order valence-corrected chi connectivity index (χ1v) is 6.25. The van der Waals surface area contributed by atoms with Crippen LogP contribution in [0.1, 0.15) is 5.69 Å². The molecule has 1 heterocycles. The monoisotopic (exact) mass is 332 g/mol. The van der Waals surface area contributed by atoms with Crippen LogP contribution in [0.25, 0.3) is 11.4 Å². The second-order valence-corrected chi connectivity index (χ2v) is 5.14. The molecule has 0 spiro atoms. The van der Waals surface area contributed by atoms with Crippen molar-refractivity contribution in [3.63, 3.8) is 0 Å². The summed E-state index contributed by atoms with van der Waals surface area (Å²) >= 11 is 15.0. The van der Waals surface area contributed by atoms with E-state index >= 15 is 0 Å². The zero-order valence-corrected chi connectivity index (χ0v) is 11.8. The van der Waals surface area contributed by atoms with Crippen LogP contribution in [0.5, 0.6) is 0 Å². The minimum Gasteiger partial charge on any atom is -0.306 e. The van der Waals surface area contributed by atoms with Gasteiger partial charge in [0, 0.05) is 15.6 Å². The average molecular weight is 334 g/mol. The van der Waals surface area contributed by atoms with Crippen LogP contribution in [0.2, 0.25) is 10.0 Å². The molecule has 0 amide bonds. The SMILES string of the molecule is Cc1nc(-c2cc(Cl)cc(Cl)c2)[nH]c(=O)c1Br. The molecule has 88 valence electrons. The summed E-state index contributed by atoms with van der Waals surface area (Å²) < 4.78 is 0.425. The van der Waals surface area contributed by atoms with Gasteiger partial charge in [-0.2, -0.15) is 0 Å². The van der Waals surface area contributed by atoms with E-state index in [9.17, 15) is 4.79 Å². The Labute approximate surface area is 116 Å². The number of benzene rings is 1. The third-order valence-corrected chi connectivity index (χ3v) is 3.53. The van der Waals surface area contributed by atoms with Crippen LogP contribution in [-0.4, -0.2) is 9.97 Å². The number of nitrogens with one attached hydrogen (secondary N) is 1. The molecule has 1 aromatic heterocycles. The smallest absolute Gasteiger partial charge is 0.265 e. The maximum Gasteiger partial charge on any atom is 0.265 e. The number of nitrogens with zero attached hydrogens (tertiary/aromatic N) is 1. The van der Waals surface area contributed by atoms with Gasteiger partial charge in [-0.3, -0.25) is 4.79 Å². The van der Waals surface area contributed by atoms with Gasteiger partial charge < -0.3 is 4.98 Å². The largest absolute Gasteiger partial charge is 0.306 e. The highest BCUT2D eigenvalue weighted by molar-refractivity contribution is 9.10. The van der Waals surface area contributed by atoms with Crippen LogP contribution in [0.3, 0.4) is 0 Å². The van der Waals surface area contributed by atoms with Gasteiger partial charge in [-0.25, -0.2) is 4.98 Å². The summed E-state index contributed by atoms with van der Waals surface area (Å²) in [6.45, 7) is 1.75. The van der Waals surface area contributed by atoms with Crippen LogP contribution < -0.4 is 5.56 Å². The van der Waals surface area contributed by atoms with Crippen LogP contribution in [-0.2, 0) is 0 Å². The normalized spacial score (nSPS) is 10.6. The Morgan fingerprint density at radius 3 is 2.35 bits per heavy atom. The summed E-state index contributed by atoms with van der Waals surface area (Å²) in [6.07, 6.45) is 0. The lowest BCUT2D eigenvalue weighted by Gasteiger charge is -2.04. The number of hydrogen-bond donors (Lipinski definition) is 1. The Bertz CT molecular complexity index is 620. The number of aryl methyl sites for hydroxylation is 1. The lowest BCUT2D eigenvalue weighted by atomic mass is 10.2. The van der Waals surface area contributed by atoms with Crippen molar-refractivity contribution in [3.05, 3.63) is 48.8 Å². The summed E-state index contributed by atoms with van der Waals surface area (Å²) in [7, 11) is 0. The van der Waals surface area contributed by atoms with E-state index in [0.717, 1.165) is 0 Å². The number of rotatable bonds is 1. The van der Waals surface area contributed by atoms with Crippen molar-refractivity contribution in [2.75, 3.05) is 0 Å². The number of aromatic amines is 1. The van der Waals surface area contributed by atoms with E-state index in [4.69, 9.17) is 23.2 Å². The van der Waals surface area contributed by atoms with Crippen molar-refractivity contribution in [1.82, 2.24) is 9.97 Å². The average Bonchev–Trinajstić information content (AvgIpc) is 2.23. The highest BCUT2D eigenvalue weighted by Gasteiger charge is 2.08. The van der Waals surface area contributed by atoms with Gasteiger partial charge in [0.2, 0.25) is 0 Å². The van der Waals surface area contributed by atoms with Crippen molar-refractivity contribution in [1.29, 1.82) is 0 Å². The lowest BCUT2D eigenvalue weighted by molar-refractivity contribution is 1.05. The van der Waals surface area contributed by atoms with E-state index in [1.807, 2.05) is 0 Å². The molecule has 0 atom stereocenters. The molecule has 0 saturated carbocycles. The fraction of sp³-hybridized carbons (Fsp3) is 0.0909. The molecule has 0 bridgehead atoms. The minimum atomic E-state index is -0.233. The van der Waals surface area contributed by atoms with Gasteiger partial charge in [-0.1, -0.05) is 23.2 Å². The molecule has 2 rings (SSSR count). The zero-order valence-electron chi connectivity index (χ0n) is 8.72. The van der Waals surface area contributed by atoms with Crippen molar-refractivity contribution < 1.29 is 0 Å². The van der Waals surface area contributed by atoms with E-state index in [0.29, 0.717) is 31.6 Å². The van der Waals surface area contributed by atoms with Crippen molar-refractivity contribution in [2.24, 2.45) is 0 Å². The molecular formula is C11H7BrCl2N2O. The van der Waals surface area contributed by atoms with E-state index in [-0.39, 0.29) is 5.56 Å². The number of halogens is 3. The van der Waals surface area contributed by atoms with E-state index in [2.05, 4.69) is 25.9 Å². The zero-order chi connectivity index (χ0) is 12.6. The molecule has 2 aromatic rings. The van der Waals surface area contributed by atoms with Crippen LogP contribution in [0, 0.1) is 6.92 Å². The molecule has 1 N–H and O–H groups in total. The van der Waals surface area contributed by atoms with Crippen LogP contribution in [0.15, 0.2) is 27.5 Å². The van der Waals surface area contributed by atoms with Crippen LogP contribution >= 0.6 is 39.1 Å². The Kier molecular flexibility index (Phi) is 3.56. The molecule has 3 nitrogen and oxygen atoms in total. The maximum atomic E-state index is 11.6. The Hall–Kier alpha value is -0.840. The summed E-state index contributed by atoms with van der Waals surface area (Å²) in [6, 6.07) is 5.01. The van der Waals surface area contributed by atoms with Crippen molar-refractivity contribution >= 4 is 39.1 Å². The minimum absolute atomic E-state index is 0.233. The van der Waals surface area contributed by atoms with E-state index in [1.54, 1.807) is 25.1 Å². The molecule has 0 fully saturated rings. The molecule has 0 aliphatic rings. The highest BCUT2D eigenvalue weighted by atomic mass is 79.9. The second-order valence-electron chi connectivity index (χ2n) is 3.47. The summed E-state index contributed by atoms with van der Waals surface area (Å²) in [4.78, 5) is 18.5. The van der Waals surface area contributed by atoms with Crippen molar-refractivity contribution in [3.8, 4) is 11.4 Å². The topological polar surface area (TPSA) is 45.8 Å². The van der Waals surface area contributed by atoms with Gasteiger partial charge in [0.05, 0.1) is 5.69 Å². The van der Waals surface area contributed by atoms with Gasteiger partial charge in [-0.05, 0) is 41.1 Å². The summed E-state index contributed by atoms with van der Waals surface area (Å²) in [5.74, 6) is 0.445. The number of hydrogen-bond acceptors (Lipinski definition) is 2. The van der Waals surface area contributed by atoms with Gasteiger partial charge in [-0.15, -0.1) is 0 Å². The van der Waals surface area contributed by atoms with Crippen molar-refractivity contribution in [2.45, 2.75) is 6.92 Å². The number of H-pyrrole nitrogens is 1. The molecule has 0 unspecified atom stereocenters. The lowest BCUT2D eigenvalue weighted by Crippen LogP contribution is -2.11. The Morgan fingerprint density at radius 2 is 1.82 bits per heavy atom. The Morgan fingerprint density at radius 1 is 1.24 bits per heavy atom. The third kappa shape index (κ3) is 2.70. The first kappa shape index (κ1) is 12.6. The van der Waals surface area contributed by atoms with Gasteiger partial charge in [0.15, 0.2) is 0 Å². The second kappa shape index (κ2) is 4.80. The molecule has 0 aliphatic heterocycles. The first-order valence-electron chi connectivity index (χ1n) is 4.70. The summed E-state index contributed by atoms with van der Waals surface area (Å²) in [5, 5.41) is 0.992. The maximum absolute atomic E-state index is 11.6. The fourth-order valence-electron chi connectivity index (χ4n) is 1.40. The van der Waals surface area contributed by atoms with Crippen LogP contribution in [0.4, 0.5) is 0 Å². The molecule has 0 aliphatic carbocycles. The molecule has 0 radical (unpaired) electrons. The van der Waals surface area contributed by atoms with E-state index in [1.165, 1.54) is 0 Å². The predicted molar refractivity (Wildman–Crippen MR) is 72.8 cm³/mol. The fourth-order valence-corrected chi connectivity index (χ4v) is 2.11. The van der Waals surface area contributed by atoms with Gasteiger partial charge in [0.25, 0.3) is 5.56 Å². The molecule has 17 heavy (non-hydrogen) atoms. The first-order chi connectivity index (χ1) is 7.97. The van der Waals surface area contributed by atoms with Gasteiger partial charge >= 0.3 is 0 Å². The quantitative estimate of drug-likeness (QED) is 0.862. The predicted octanol–water partition coefficient (Wildman–Crippen LogP) is 3.81. The van der Waals surface area contributed by atoms with E-state index < -0.39 is 0 Å². The highest BCUT2D eigenvalue weighted by Crippen LogP contribution is 2.25. The van der Waals surface area contributed by atoms with Gasteiger partial charge in [0.1, 0.15) is 10.3 Å². The molecule has 6 heteroatoms. The molecule has 0 saturated heterocycles. The third-order valence-electron chi connectivity index (χ3n) is 2.16. The Balaban J connectivity index is 2.65. The summed E-state index contributed by atoms with van der Waals surface area (Å²) in [5.41, 5.74) is 1.05. The molecule has 1 aromatic carbocycles. The molecular weight excluding hydrogens is 327 g/mol. The number of aromatic nitrogens is 2. The standard InChI is InChI=1S/C11H7BrCl2N2O/c1-5-9(12)11(17)16-10(15-5)6-2-7(13)4-8(14)3-6/h2-4H,1H3,(H,15,16,17).